The molecule has 0 unspecified atom stereocenters. The molecule has 3 N–H and O–H groups in total. The molecular formula is C11H12ClN5OS. The van der Waals surface area contributed by atoms with E-state index in [1.807, 2.05) is 0 Å². The number of nitrogens with zero attached hydrogens (tertiary/aromatic N) is 3. The number of nitrogens with two attached hydrogens (primary N) is 1. The summed E-state index contributed by atoms with van der Waals surface area (Å²) in [6.07, 6.45) is 0.657. The summed E-state index contributed by atoms with van der Waals surface area (Å²) in [5.41, 5.74) is 6.44. The van der Waals surface area contributed by atoms with Crippen molar-refractivity contribution < 1.29 is 4.79 Å². The van der Waals surface area contributed by atoms with E-state index in [-0.39, 0.29) is 17.0 Å². The molecule has 8 heteroatoms. The summed E-state index contributed by atoms with van der Waals surface area (Å²) in [4.78, 5) is 24.1. The molecule has 0 aliphatic heterocycles. The number of hydrogen-bond acceptors (Lipinski definition) is 6. The van der Waals surface area contributed by atoms with Gasteiger partial charge in [0, 0.05) is 17.5 Å². The van der Waals surface area contributed by atoms with Gasteiger partial charge < -0.3 is 5.73 Å². The summed E-state index contributed by atoms with van der Waals surface area (Å²) >= 11 is 7.20. The Hall–Kier alpha value is -1.57. The Kier molecular flexibility index (Phi) is 4.41. The molecule has 0 saturated heterocycles. The molecule has 2 aromatic rings. The third-order valence-corrected chi connectivity index (χ3v) is 3.29. The van der Waals surface area contributed by atoms with Gasteiger partial charge in [-0.05, 0) is 19.5 Å². The number of carbonyl (C=O) groups is 1. The number of rotatable bonds is 4. The van der Waals surface area contributed by atoms with E-state index in [1.165, 1.54) is 11.3 Å². The Bertz CT molecular complexity index is 580. The lowest BCUT2D eigenvalue weighted by molar-refractivity contribution is 0.102. The molecule has 0 aliphatic rings. The zero-order valence-electron chi connectivity index (χ0n) is 10.2. The maximum absolute atomic E-state index is 11.9. The fraction of sp³-hybridized carbons (Fsp3) is 0.273. The number of halogens is 1. The molecule has 19 heavy (non-hydrogen) atoms. The van der Waals surface area contributed by atoms with Crippen LogP contribution in [0.4, 0.5) is 5.95 Å². The highest BCUT2D eigenvalue weighted by Gasteiger charge is 2.12. The van der Waals surface area contributed by atoms with Crippen molar-refractivity contribution in [1.82, 2.24) is 15.0 Å². The SMILES string of the molecule is Cc1cc(Cl)nc(NC(=O)c2csc(CCN)n2)n1. The Balaban J connectivity index is 2.11. The average Bonchev–Trinajstić information content (AvgIpc) is 2.76. The molecule has 0 fully saturated rings. The Morgan fingerprint density at radius 3 is 2.95 bits per heavy atom. The van der Waals surface area contributed by atoms with E-state index < -0.39 is 0 Å². The lowest BCUT2D eigenvalue weighted by Crippen LogP contribution is -2.15. The van der Waals surface area contributed by atoms with Gasteiger partial charge in [0.25, 0.3) is 5.91 Å². The zero-order valence-corrected chi connectivity index (χ0v) is 11.8. The van der Waals surface area contributed by atoms with Gasteiger partial charge in [-0.3, -0.25) is 10.1 Å². The van der Waals surface area contributed by atoms with Crippen molar-refractivity contribution in [3.05, 3.63) is 33.0 Å². The maximum atomic E-state index is 11.9. The van der Waals surface area contributed by atoms with Crippen molar-refractivity contribution in [1.29, 1.82) is 0 Å². The maximum Gasteiger partial charge on any atom is 0.277 e. The molecule has 0 saturated carbocycles. The Morgan fingerprint density at radius 1 is 1.47 bits per heavy atom. The number of aryl methyl sites for hydroxylation is 1. The molecular weight excluding hydrogens is 286 g/mol. The second-order valence-corrected chi connectivity index (χ2v) is 5.10. The first-order valence-corrected chi connectivity index (χ1v) is 6.81. The van der Waals surface area contributed by atoms with E-state index >= 15 is 0 Å². The molecule has 0 radical (unpaired) electrons. The van der Waals surface area contributed by atoms with Crippen molar-refractivity contribution in [2.75, 3.05) is 11.9 Å². The van der Waals surface area contributed by atoms with Crippen molar-refractivity contribution in [3.63, 3.8) is 0 Å². The van der Waals surface area contributed by atoms with Gasteiger partial charge in [0.15, 0.2) is 0 Å². The number of anilines is 1. The average molecular weight is 298 g/mol. The van der Waals surface area contributed by atoms with E-state index in [1.54, 1.807) is 18.4 Å². The number of aromatic nitrogens is 3. The Morgan fingerprint density at radius 2 is 2.26 bits per heavy atom. The first-order chi connectivity index (χ1) is 9.08. The minimum Gasteiger partial charge on any atom is -0.330 e. The molecule has 1 amide bonds. The third kappa shape index (κ3) is 3.69. The minimum atomic E-state index is -0.360. The molecule has 0 spiro atoms. The highest BCUT2D eigenvalue weighted by molar-refractivity contribution is 7.09. The standard InChI is InChI=1S/C11H12ClN5OS/c1-6-4-8(12)16-11(14-6)17-10(18)7-5-19-9(15-7)2-3-13/h4-5H,2-3,13H2,1H3,(H,14,16,17,18). The first kappa shape index (κ1) is 13.9. The second kappa shape index (κ2) is 6.05. The first-order valence-electron chi connectivity index (χ1n) is 5.55. The normalized spacial score (nSPS) is 10.5. The van der Waals surface area contributed by atoms with Gasteiger partial charge in [0.2, 0.25) is 5.95 Å². The van der Waals surface area contributed by atoms with Crippen LogP contribution in [0.5, 0.6) is 0 Å². The van der Waals surface area contributed by atoms with Crippen molar-refractivity contribution in [2.45, 2.75) is 13.3 Å². The minimum absolute atomic E-state index is 0.170. The molecule has 2 heterocycles. The molecule has 100 valence electrons. The molecule has 0 aromatic carbocycles. The second-order valence-electron chi connectivity index (χ2n) is 3.77. The Labute approximate surface area is 119 Å². The molecule has 0 aliphatic carbocycles. The number of nitrogens with one attached hydrogen (secondary N) is 1. The van der Waals surface area contributed by atoms with Crippen LogP contribution in [0, 0.1) is 6.92 Å². The summed E-state index contributed by atoms with van der Waals surface area (Å²) in [6.45, 7) is 2.27. The van der Waals surface area contributed by atoms with Gasteiger partial charge in [0.05, 0.1) is 5.01 Å². The van der Waals surface area contributed by atoms with E-state index in [4.69, 9.17) is 17.3 Å². The fourth-order valence-corrected chi connectivity index (χ4v) is 2.44. The van der Waals surface area contributed by atoms with Crippen LogP contribution in [0.1, 0.15) is 21.2 Å². The van der Waals surface area contributed by atoms with Crippen LogP contribution in [-0.4, -0.2) is 27.4 Å². The highest BCUT2D eigenvalue weighted by atomic mass is 35.5. The largest absolute Gasteiger partial charge is 0.330 e. The lowest BCUT2D eigenvalue weighted by atomic mass is 10.4. The summed E-state index contributed by atoms with van der Waals surface area (Å²) in [5.74, 6) is -0.190. The van der Waals surface area contributed by atoms with Crippen molar-refractivity contribution in [2.24, 2.45) is 5.73 Å². The number of hydrogen-bond donors (Lipinski definition) is 2. The van der Waals surface area contributed by atoms with E-state index in [0.717, 1.165) is 5.01 Å². The predicted octanol–water partition coefficient (Wildman–Crippen LogP) is 1.65. The number of amides is 1. The number of thiazole rings is 1. The smallest absolute Gasteiger partial charge is 0.277 e. The van der Waals surface area contributed by atoms with E-state index in [9.17, 15) is 4.79 Å². The highest BCUT2D eigenvalue weighted by Crippen LogP contribution is 2.13. The van der Waals surface area contributed by atoms with Crippen LogP contribution in [-0.2, 0) is 6.42 Å². The van der Waals surface area contributed by atoms with Gasteiger partial charge in [0.1, 0.15) is 10.8 Å². The molecule has 0 bridgehead atoms. The van der Waals surface area contributed by atoms with Gasteiger partial charge in [-0.15, -0.1) is 11.3 Å². The fourth-order valence-electron chi connectivity index (χ4n) is 1.41. The summed E-state index contributed by atoms with van der Waals surface area (Å²) < 4.78 is 0. The van der Waals surface area contributed by atoms with Gasteiger partial charge in [-0.25, -0.2) is 15.0 Å². The van der Waals surface area contributed by atoms with E-state index in [2.05, 4.69) is 20.3 Å². The summed E-state index contributed by atoms with van der Waals surface area (Å²) in [6, 6.07) is 1.61. The van der Waals surface area contributed by atoms with Gasteiger partial charge >= 0.3 is 0 Å². The van der Waals surface area contributed by atoms with Crippen LogP contribution in [0.15, 0.2) is 11.4 Å². The molecule has 2 rings (SSSR count). The lowest BCUT2D eigenvalue weighted by Gasteiger charge is -2.02. The van der Waals surface area contributed by atoms with Crippen LogP contribution >= 0.6 is 22.9 Å². The summed E-state index contributed by atoms with van der Waals surface area (Å²) in [7, 11) is 0. The topological polar surface area (TPSA) is 93.8 Å². The molecule has 0 atom stereocenters. The molecule has 6 nitrogen and oxygen atoms in total. The quantitative estimate of drug-likeness (QED) is 0.837. The molecule has 2 aromatic heterocycles. The van der Waals surface area contributed by atoms with Crippen LogP contribution in [0.25, 0.3) is 0 Å². The van der Waals surface area contributed by atoms with Crippen molar-refractivity contribution >= 4 is 34.8 Å². The van der Waals surface area contributed by atoms with E-state index in [0.29, 0.717) is 24.4 Å². The van der Waals surface area contributed by atoms with Gasteiger partial charge in [-0.2, -0.15) is 0 Å². The predicted molar refractivity (Wildman–Crippen MR) is 74.6 cm³/mol. The van der Waals surface area contributed by atoms with Crippen LogP contribution < -0.4 is 11.1 Å². The van der Waals surface area contributed by atoms with Gasteiger partial charge in [-0.1, -0.05) is 11.6 Å². The van der Waals surface area contributed by atoms with Crippen LogP contribution in [0.3, 0.4) is 0 Å². The van der Waals surface area contributed by atoms with Crippen molar-refractivity contribution in [3.8, 4) is 0 Å². The zero-order chi connectivity index (χ0) is 13.8. The summed E-state index contributed by atoms with van der Waals surface area (Å²) in [5, 5.41) is 5.35. The monoisotopic (exact) mass is 297 g/mol. The number of carbonyl (C=O) groups excluding carboxylic acids is 1. The van der Waals surface area contributed by atoms with Crippen LogP contribution in [0.2, 0.25) is 5.15 Å². The third-order valence-electron chi connectivity index (χ3n) is 2.19.